The second-order valence-electron chi connectivity index (χ2n) is 10.7. The molecular formula is C34H43N3O3. The van der Waals surface area contributed by atoms with Gasteiger partial charge < -0.3 is 19.4 Å². The normalized spacial score (nSPS) is 11.2. The molecule has 0 saturated carbocycles. The molecule has 1 amide bonds. The number of para-hydroxylation sites is 3. The average Bonchev–Trinajstić information content (AvgIpc) is 3.31. The Bertz CT molecular complexity index is 1350. The molecule has 0 atom stereocenters. The van der Waals surface area contributed by atoms with Gasteiger partial charge in [0.2, 0.25) is 0 Å². The molecule has 3 aromatic carbocycles. The van der Waals surface area contributed by atoms with E-state index in [0.29, 0.717) is 24.8 Å². The number of ether oxygens (including phenoxy) is 2. The predicted molar refractivity (Wildman–Crippen MR) is 162 cm³/mol. The van der Waals surface area contributed by atoms with Crippen molar-refractivity contribution in [3.8, 4) is 11.5 Å². The second kappa shape index (κ2) is 15.1. The van der Waals surface area contributed by atoms with Crippen molar-refractivity contribution < 1.29 is 14.3 Å². The Hall–Kier alpha value is -3.80. The van der Waals surface area contributed by atoms with Gasteiger partial charge in [0.15, 0.2) is 6.61 Å². The number of hydrogen-bond acceptors (Lipinski definition) is 4. The van der Waals surface area contributed by atoms with Crippen LogP contribution >= 0.6 is 0 Å². The summed E-state index contributed by atoms with van der Waals surface area (Å²) in [5.74, 6) is 3.23. The van der Waals surface area contributed by atoms with E-state index in [0.717, 1.165) is 62.2 Å². The number of nitrogens with zero attached hydrogens (tertiary/aromatic N) is 2. The van der Waals surface area contributed by atoms with Crippen molar-refractivity contribution in [3.05, 3.63) is 89.7 Å². The van der Waals surface area contributed by atoms with E-state index in [9.17, 15) is 4.79 Å². The van der Waals surface area contributed by atoms with E-state index in [1.807, 2.05) is 30.3 Å². The Morgan fingerprint density at radius 1 is 0.900 bits per heavy atom. The molecule has 0 spiro atoms. The summed E-state index contributed by atoms with van der Waals surface area (Å²) in [5.41, 5.74) is 4.76. The number of fused-ring (bicyclic) bond motifs is 1. The number of rotatable bonds is 16. The van der Waals surface area contributed by atoms with Crippen LogP contribution in [-0.2, 0) is 17.8 Å². The summed E-state index contributed by atoms with van der Waals surface area (Å²) in [4.78, 5) is 17.0. The third kappa shape index (κ3) is 8.60. The molecule has 0 aliphatic carbocycles. The highest BCUT2D eigenvalue weighted by atomic mass is 16.5. The first-order chi connectivity index (χ1) is 19.5. The fourth-order valence-electron chi connectivity index (χ4n) is 4.89. The summed E-state index contributed by atoms with van der Waals surface area (Å²) < 4.78 is 14.1. The van der Waals surface area contributed by atoms with Gasteiger partial charge in [-0.1, -0.05) is 62.7 Å². The van der Waals surface area contributed by atoms with Crippen LogP contribution in [0.4, 0.5) is 0 Å². The van der Waals surface area contributed by atoms with Gasteiger partial charge in [-0.05, 0) is 80.0 Å². The Labute approximate surface area is 238 Å². The number of aromatic nitrogens is 2. The number of imidazole rings is 1. The van der Waals surface area contributed by atoms with E-state index in [1.54, 1.807) is 0 Å². The maximum absolute atomic E-state index is 12.0. The summed E-state index contributed by atoms with van der Waals surface area (Å²) in [7, 11) is 0. The van der Waals surface area contributed by atoms with Crippen LogP contribution in [0.2, 0.25) is 0 Å². The van der Waals surface area contributed by atoms with Crippen LogP contribution in [0.25, 0.3) is 11.0 Å². The van der Waals surface area contributed by atoms with Crippen LogP contribution in [0.15, 0.2) is 72.8 Å². The lowest BCUT2D eigenvalue weighted by molar-refractivity contribution is -0.123. The van der Waals surface area contributed by atoms with Crippen molar-refractivity contribution in [2.75, 3.05) is 19.8 Å². The predicted octanol–water partition coefficient (Wildman–Crippen LogP) is 7.24. The van der Waals surface area contributed by atoms with Gasteiger partial charge in [-0.2, -0.15) is 0 Å². The van der Waals surface area contributed by atoms with E-state index in [-0.39, 0.29) is 12.5 Å². The summed E-state index contributed by atoms with van der Waals surface area (Å²) >= 11 is 0. The Morgan fingerprint density at radius 2 is 1.70 bits per heavy atom. The third-order valence-electron chi connectivity index (χ3n) is 7.07. The molecule has 1 N–H and O–H groups in total. The number of carbonyl (C=O) groups excluding carboxylic acids is 1. The molecule has 1 aromatic heterocycles. The topological polar surface area (TPSA) is 65.4 Å². The summed E-state index contributed by atoms with van der Waals surface area (Å²) in [6.07, 6.45) is 5.96. The van der Waals surface area contributed by atoms with Crippen molar-refractivity contribution in [2.45, 2.75) is 71.8 Å². The highest BCUT2D eigenvalue weighted by Crippen LogP contribution is 2.28. The maximum atomic E-state index is 12.0. The zero-order valence-electron chi connectivity index (χ0n) is 24.2. The Balaban J connectivity index is 1.19. The molecule has 0 aliphatic heterocycles. The minimum absolute atomic E-state index is 0.0446. The van der Waals surface area contributed by atoms with Gasteiger partial charge in [-0.3, -0.25) is 4.79 Å². The Morgan fingerprint density at radius 3 is 2.52 bits per heavy atom. The SMILES string of the molecule is Cc1ccc(C(C)C)c(OCCCCn2c(CCCCCNC(=O)COc3ccccc3)nc3ccccc32)c1. The first-order valence-electron chi connectivity index (χ1n) is 14.6. The molecular weight excluding hydrogens is 498 g/mol. The smallest absolute Gasteiger partial charge is 0.257 e. The van der Waals surface area contributed by atoms with Crippen molar-refractivity contribution in [3.63, 3.8) is 0 Å². The first-order valence-corrected chi connectivity index (χ1v) is 14.6. The number of hydrogen-bond donors (Lipinski definition) is 1. The quantitative estimate of drug-likeness (QED) is 0.152. The van der Waals surface area contributed by atoms with E-state index >= 15 is 0 Å². The van der Waals surface area contributed by atoms with Crippen molar-refractivity contribution in [1.82, 2.24) is 14.9 Å². The first kappa shape index (κ1) is 29.2. The molecule has 0 saturated heterocycles. The molecule has 4 rings (SSSR count). The van der Waals surface area contributed by atoms with Gasteiger partial charge >= 0.3 is 0 Å². The number of aryl methyl sites for hydroxylation is 3. The minimum Gasteiger partial charge on any atom is -0.493 e. The van der Waals surface area contributed by atoms with Crippen LogP contribution < -0.4 is 14.8 Å². The van der Waals surface area contributed by atoms with Crippen molar-refractivity contribution in [1.29, 1.82) is 0 Å². The third-order valence-corrected chi connectivity index (χ3v) is 7.07. The summed E-state index contributed by atoms with van der Waals surface area (Å²) in [6.45, 7) is 8.88. The number of carbonyl (C=O) groups is 1. The molecule has 212 valence electrons. The van der Waals surface area contributed by atoms with Gasteiger partial charge in [-0.25, -0.2) is 4.98 Å². The molecule has 40 heavy (non-hydrogen) atoms. The number of benzene rings is 3. The van der Waals surface area contributed by atoms with E-state index in [1.165, 1.54) is 16.6 Å². The van der Waals surface area contributed by atoms with Gasteiger partial charge in [0.1, 0.15) is 17.3 Å². The molecule has 0 radical (unpaired) electrons. The standard InChI is InChI=1S/C34H43N3O3/c1-26(2)29-20-19-27(3)24-32(29)39-23-13-12-22-37-31-17-10-9-16-30(31)36-33(37)18-8-5-11-21-35-34(38)25-40-28-14-6-4-7-15-28/h4,6-7,9-10,14-17,19-20,24,26H,5,8,11-13,18,21-23,25H2,1-3H3,(H,35,38). The molecule has 1 heterocycles. The van der Waals surface area contributed by atoms with Gasteiger partial charge in [0, 0.05) is 19.5 Å². The molecule has 0 bridgehead atoms. The largest absolute Gasteiger partial charge is 0.493 e. The zero-order chi connectivity index (χ0) is 28.2. The summed E-state index contributed by atoms with van der Waals surface area (Å²) in [5, 5.41) is 2.95. The number of amides is 1. The van der Waals surface area contributed by atoms with Crippen LogP contribution in [0.1, 0.15) is 68.8 Å². The molecule has 0 unspecified atom stereocenters. The van der Waals surface area contributed by atoms with Crippen LogP contribution in [-0.4, -0.2) is 35.2 Å². The lowest BCUT2D eigenvalue weighted by atomic mass is 10.0. The maximum Gasteiger partial charge on any atom is 0.257 e. The fraction of sp³-hybridized carbons (Fsp3) is 0.412. The highest BCUT2D eigenvalue weighted by molar-refractivity contribution is 5.77. The lowest BCUT2D eigenvalue weighted by Crippen LogP contribution is -2.29. The van der Waals surface area contributed by atoms with E-state index in [4.69, 9.17) is 14.5 Å². The second-order valence-corrected chi connectivity index (χ2v) is 10.7. The van der Waals surface area contributed by atoms with Gasteiger partial charge in [0.25, 0.3) is 5.91 Å². The van der Waals surface area contributed by atoms with E-state index < -0.39 is 0 Å². The lowest BCUT2D eigenvalue weighted by Gasteiger charge is -2.15. The minimum atomic E-state index is -0.0857. The molecule has 6 nitrogen and oxygen atoms in total. The van der Waals surface area contributed by atoms with Crippen LogP contribution in [0.3, 0.4) is 0 Å². The molecule has 0 aliphatic rings. The molecule has 6 heteroatoms. The molecule has 0 fully saturated rings. The Kier molecular flexibility index (Phi) is 11.0. The van der Waals surface area contributed by atoms with Crippen LogP contribution in [0, 0.1) is 6.92 Å². The molecule has 4 aromatic rings. The average molecular weight is 542 g/mol. The van der Waals surface area contributed by atoms with Gasteiger partial charge in [0.05, 0.1) is 17.6 Å². The number of unbranched alkanes of at least 4 members (excludes halogenated alkanes) is 3. The highest BCUT2D eigenvalue weighted by Gasteiger charge is 2.11. The van der Waals surface area contributed by atoms with E-state index in [2.05, 4.69) is 73.1 Å². The van der Waals surface area contributed by atoms with Crippen molar-refractivity contribution >= 4 is 16.9 Å². The van der Waals surface area contributed by atoms with Crippen molar-refractivity contribution in [2.24, 2.45) is 0 Å². The fourth-order valence-corrected chi connectivity index (χ4v) is 4.89. The summed E-state index contributed by atoms with van der Waals surface area (Å²) in [6, 6.07) is 24.3. The monoisotopic (exact) mass is 541 g/mol. The van der Waals surface area contributed by atoms with Crippen LogP contribution in [0.5, 0.6) is 11.5 Å². The van der Waals surface area contributed by atoms with Gasteiger partial charge in [-0.15, -0.1) is 0 Å². The number of nitrogens with one attached hydrogen (secondary N) is 1. The zero-order valence-corrected chi connectivity index (χ0v) is 24.2.